The predicted molar refractivity (Wildman–Crippen MR) is 237 cm³/mol. The van der Waals surface area contributed by atoms with Crippen LogP contribution in [-0.4, -0.2) is 61.9 Å². The van der Waals surface area contributed by atoms with Gasteiger partial charge in [0.2, 0.25) is 0 Å². The highest BCUT2D eigenvalue weighted by atomic mass is 16.8. The molecule has 0 aliphatic rings. The third kappa shape index (κ3) is 35.4. The van der Waals surface area contributed by atoms with Crippen molar-refractivity contribution in [2.24, 2.45) is 0 Å². The molecule has 6 heteroatoms. The van der Waals surface area contributed by atoms with E-state index in [1.165, 1.54) is 161 Å². The van der Waals surface area contributed by atoms with Gasteiger partial charge in [-0.2, -0.15) is 0 Å². The van der Waals surface area contributed by atoms with E-state index in [9.17, 15) is 5.11 Å². The van der Waals surface area contributed by atoms with Gasteiger partial charge in [-0.1, -0.05) is 208 Å². The standard InChI is InChI=1S/C49H100O6/c1-8-13-17-21-25-28-32-36-42-51-45(6)47(38-34-30-24-20-16-11-4)53-44-40-49(50,54-41-12-5)55-48(39-35-31-27-23-19-15-10-3)46(7)52-43-37-33-29-26-22-18-14-9-2/h45-48,50H,8-44H2,1-7H3. The van der Waals surface area contributed by atoms with E-state index < -0.39 is 5.97 Å². The van der Waals surface area contributed by atoms with Crippen molar-refractivity contribution in [1.82, 2.24) is 0 Å². The Bertz CT molecular complexity index is 736. The second-order valence-electron chi connectivity index (χ2n) is 16.9. The highest BCUT2D eigenvalue weighted by Crippen LogP contribution is 2.26. The Morgan fingerprint density at radius 2 is 0.709 bits per heavy atom. The number of hydrogen-bond acceptors (Lipinski definition) is 6. The molecular formula is C49H100O6. The first-order valence-electron chi connectivity index (χ1n) is 24.8. The van der Waals surface area contributed by atoms with E-state index in [1.54, 1.807) is 0 Å². The molecule has 0 aromatic carbocycles. The monoisotopic (exact) mass is 785 g/mol. The lowest BCUT2D eigenvalue weighted by Gasteiger charge is -2.35. The van der Waals surface area contributed by atoms with Crippen LogP contribution in [0.25, 0.3) is 0 Å². The van der Waals surface area contributed by atoms with Gasteiger partial charge in [0.05, 0.1) is 44.1 Å². The Morgan fingerprint density at radius 1 is 0.364 bits per heavy atom. The van der Waals surface area contributed by atoms with Gasteiger partial charge >= 0.3 is 0 Å². The molecule has 5 unspecified atom stereocenters. The van der Waals surface area contributed by atoms with Crippen LogP contribution in [-0.2, 0) is 23.7 Å². The summed E-state index contributed by atoms with van der Waals surface area (Å²) in [6, 6.07) is 0. The molecule has 0 aliphatic carbocycles. The van der Waals surface area contributed by atoms with E-state index >= 15 is 0 Å². The van der Waals surface area contributed by atoms with E-state index in [4.69, 9.17) is 23.7 Å². The maximum Gasteiger partial charge on any atom is 0.282 e. The van der Waals surface area contributed by atoms with Crippen LogP contribution in [0.1, 0.15) is 260 Å². The predicted octanol–water partition coefficient (Wildman–Crippen LogP) is 15.2. The van der Waals surface area contributed by atoms with E-state index in [-0.39, 0.29) is 30.8 Å². The molecule has 332 valence electrons. The van der Waals surface area contributed by atoms with Crippen molar-refractivity contribution in [3.05, 3.63) is 0 Å². The average Bonchev–Trinajstić information content (AvgIpc) is 3.18. The third-order valence-electron chi connectivity index (χ3n) is 11.4. The summed E-state index contributed by atoms with van der Waals surface area (Å²) in [5.41, 5.74) is 0. The molecule has 0 aromatic heterocycles. The van der Waals surface area contributed by atoms with Gasteiger partial charge in [-0.25, -0.2) is 0 Å². The molecule has 55 heavy (non-hydrogen) atoms. The topological polar surface area (TPSA) is 66.4 Å². The first-order chi connectivity index (χ1) is 26.9. The molecule has 0 aliphatic heterocycles. The molecule has 0 amide bonds. The third-order valence-corrected chi connectivity index (χ3v) is 11.4. The lowest BCUT2D eigenvalue weighted by atomic mass is 10.0. The maximum absolute atomic E-state index is 11.9. The van der Waals surface area contributed by atoms with E-state index in [1.807, 2.05) is 0 Å². The minimum atomic E-state index is -1.70. The van der Waals surface area contributed by atoms with Crippen molar-refractivity contribution >= 4 is 0 Å². The lowest BCUT2D eigenvalue weighted by molar-refractivity contribution is -0.388. The molecule has 0 spiro atoms. The van der Waals surface area contributed by atoms with Gasteiger partial charge in [-0.3, -0.25) is 0 Å². The Labute approximate surface area is 345 Å². The lowest BCUT2D eigenvalue weighted by Crippen LogP contribution is -2.45. The second kappa shape index (κ2) is 41.9. The quantitative estimate of drug-likeness (QED) is 0.0490. The van der Waals surface area contributed by atoms with Crippen LogP contribution < -0.4 is 0 Å². The summed E-state index contributed by atoms with van der Waals surface area (Å²) in [7, 11) is 0. The van der Waals surface area contributed by atoms with E-state index in [0.29, 0.717) is 13.2 Å². The van der Waals surface area contributed by atoms with Crippen LogP contribution in [0.2, 0.25) is 0 Å². The molecule has 0 rings (SSSR count). The Balaban J connectivity index is 5.32. The Kier molecular flexibility index (Phi) is 41.7. The van der Waals surface area contributed by atoms with Crippen molar-refractivity contribution < 1.29 is 28.8 Å². The summed E-state index contributed by atoms with van der Waals surface area (Å²) >= 11 is 0. The molecular weight excluding hydrogens is 685 g/mol. The summed E-state index contributed by atoms with van der Waals surface area (Å²) in [6.45, 7) is 17.8. The number of aliphatic hydroxyl groups is 1. The fourth-order valence-corrected chi connectivity index (χ4v) is 7.50. The van der Waals surface area contributed by atoms with Gasteiger partial charge in [0, 0.05) is 13.2 Å². The van der Waals surface area contributed by atoms with Crippen molar-refractivity contribution in [3.8, 4) is 0 Å². The van der Waals surface area contributed by atoms with Crippen LogP contribution in [0, 0.1) is 0 Å². The summed E-state index contributed by atoms with van der Waals surface area (Å²) in [6.07, 6.45) is 39.5. The number of unbranched alkanes of at least 4 members (excludes halogenated alkanes) is 25. The first-order valence-corrected chi connectivity index (χ1v) is 24.8. The Hall–Kier alpha value is -0.240. The highest BCUT2D eigenvalue weighted by molar-refractivity contribution is 4.73. The number of rotatable bonds is 46. The van der Waals surface area contributed by atoms with Crippen LogP contribution in [0.4, 0.5) is 0 Å². The molecule has 0 saturated heterocycles. The zero-order valence-electron chi connectivity index (χ0n) is 38.5. The molecule has 0 saturated carbocycles. The Morgan fingerprint density at radius 3 is 1.11 bits per heavy atom. The zero-order valence-corrected chi connectivity index (χ0v) is 38.5. The fourth-order valence-electron chi connectivity index (χ4n) is 7.50. The van der Waals surface area contributed by atoms with Crippen molar-refractivity contribution in [3.63, 3.8) is 0 Å². The van der Waals surface area contributed by atoms with Gasteiger partial charge in [0.1, 0.15) is 0 Å². The highest BCUT2D eigenvalue weighted by Gasteiger charge is 2.35. The maximum atomic E-state index is 11.9. The summed E-state index contributed by atoms with van der Waals surface area (Å²) < 4.78 is 32.1. The van der Waals surface area contributed by atoms with Crippen molar-refractivity contribution in [2.75, 3.05) is 26.4 Å². The van der Waals surface area contributed by atoms with Crippen LogP contribution in [0.3, 0.4) is 0 Å². The molecule has 0 heterocycles. The van der Waals surface area contributed by atoms with Gasteiger partial charge in [0.25, 0.3) is 5.97 Å². The average molecular weight is 785 g/mol. The molecule has 0 bridgehead atoms. The van der Waals surface area contributed by atoms with Crippen LogP contribution in [0.15, 0.2) is 0 Å². The normalized spacial score (nSPS) is 15.3. The van der Waals surface area contributed by atoms with Crippen LogP contribution in [0.5, 0.6) is 0 Å². The first kappa shape index (κ1) is 54.8. The van der Waals surface area contributed by atoms with Crippen molar-refractivity contribution in [2.45, 2.75) is 291 Å². The molecule has 1 N–H and O–H groups in total. The molecule has 6 nitrogen and oxygen atoms in total. The summed E-state index contributed by atoms with van der Waals surface area (Å²) in [4.78, 5) is 0. The largest absolute Gasteiger partial charge is 0.376 e. The minimum absolute atomic E-state index is 0.00643. The molecule has 0 aromatic rings. The number of hydrogen-bond donors (Lipinski definition) is 1. The second-order valence-corrected chi connectivity index (χ2v) is 16.9. The molecule has 0 radical (unpaired) electrons. The van der Waals surface area contributed by atoms with Gasteiger partial charge in [-0.15, -0.1) is 0 Å². The molecule has 0 fully saturated rings. The smallest absolute Gasteiger partial charge is 0.282 e. The van der Waals surface area contributed by atoms with E-state index in [2.05, 4.69) is 48.5 Å². The summed E-state index contributed by atoms with van der Waals surface area (Å²) in [5, 5.41) is 11.9. The van der Waals surface area contributed by atoms with Gasteiger partial charge in [0.15, 0.2) is 0 Å². The van der Waals surface area contributed by atoms with Crippen LogP contribution >= 0.6 is 0 Å². The van der Waals surface area contributed by atoms with E-state index in [0.717, 1.165) is 58.2 Å². The van der Waals surface area contributed by atoms with Gasteiger partial charge < -0.3 is 28.8 Å². The zero-order chi connectivity index (χ0) is 40.5. The SMILES string of the molecule is CCCCCCCCCCOC(C)C(CCCCCCCC)OCCC(O)(OCCC)OC(CCCCCCCCC)C(C)OCCCCCCCCCC. The summed E-state index contributed by atoms with van der Waals surface area (Å²) in [5.74, 6) is -1.70. The minimum Gasteiger partial charge on any atom is -0.376 e. The van der Waals surface area contributed by atoms with Gasteiger partial charge in [-0.05, 0) is 46.0 Å². The number of ether oxygens (including phenoxy) is 5. The van der Waals surface area contributed by atoms with Crippen molar-refractivity contribution in [1.29, 1.82) is 0 Å². The molecule has 5 atom stereocenters. The fraction of sp³-hybridized carbons (Fsp3) is 1.00.